The maximum Gasteiger partial charge on any atom is 0.282 e. The number of amides is 1. The third-order valence-corrected chi connectivity index (χ3v) is 9.42. The molecule has 2 aromatic carbocycles. The summed E-state index contributed by atoms with van der Waals surface area (Å²) >= 11 is 0. The second kappa shape index (κ2) is 12.3. The monoisotopic (exact) mass is 658 g/mol. The van der Waals surface area contributed by atoms with Crippen molar-refractivity contribution < 1.29 is 48.0 Å². The molecule has 0 aromatic heterocycles. The number of benzene rings is 2. The fraction of sp³-hybridized carbons (Fsp3) is 0.424. The average molecular weight is 659 g/mol. The van der Waals surface area contributed by atoms with E-state index in [-0.39, 0.29) is 36.1 Å². The Morgan fingerprint density at radius 3 is 2.23 bits per heavy atom. The Labute approximate surface area is 269 Å². The van der Waals surface area contributed by atoms with E-state index in [0.717, 1.165) is 4.90 Å². The van der Waals surface area contributed by atoms with Gasteiger partial charge < -0.3 is 31.1 Å². The van der Waals surface area contributed by atoms with Crippen molar-refractivity contribution in [2.45, 2.75) is 50.3 Å². The number of anilines is 1. The molecule has 6 N–H and O–H groups in total. The maximum absolute atomic E-state index is 14.9. The van der Waals surface area contributed by atoms with E-state index in [4.69, 9.17) is 5.73 Å². The van der Waals surface area contributed by atoms with Crippen LogP contribution in [0.3, 0.4) is 0 Å². The third-order valence-electron chi connectivity index (χ3n) is 9.42. The highest BCUT2D eigenvalue weighted by atomic mass is 19.3. The van der Waals surface area contributed by atoms with Crippen molar-refractivity contribution in [3.8, 4) is 5.75 Å². The van der Waals surface area contributed by atoms with Crippen LogP contribution in [0.25, 0.3) is 5.76 Å². The van der Waals surface area contributed by atoms with Crippen LogP contribution in [0.15, 0.2) is 53.3 Å². The molecule has 1 unspecified atom stereocenters. The Morgan fingerprint density at radius 2 is 1.68 bits per heavy atom. The predicted molar refractivity (Wildman–Crippen MR) is 165 cm³/mol. The number of phenolic OH excluding ortho intramolecular Hbond substituents is 1. The second-order valence-electron chi connectivity index (χ2n) is 12.7. The van der Waals surface area contributed by atoms with Gasteiger partial charge in [-0.3, -0.25) is 24.2 Å². The number of phenols is 1. The average Bonchev–Trinajstić information content (AvgIpc) is 2.99. The van der Waals surface area contributed by atoms with Gasteiger partial charge in [-0.2, -0.15) is 0 Å². The topological polar surface area (TPSA) is 168 Å². The highest BCUT2D eigenvalue weighted by Crippen LogP contribution is 2.54. The number of halogens is 3. The van der Waals surface area contributed by atoms with Crippen LogP contribution in [0, 0.1) is 11.8 Å². The first-order chi connectivity index (χ1) is 22.0. The normalized spacial score (nSPS) is 24.9. The van der Waals surface area contributed by atoms with Gasteiger partial charge >= 0.3 is 0 Å². The SMILES string of the molecule is CN(C)c1cc(CN(Cc2ccccc2)C(F)C(F)F)c(O)c2c1C[C@H]1C[C@H]3[C@H](N(C)C)C(=O)C(C(N)=O)=C(O)[C@@]3(O)C(=O)C1=C2O. The highest BCUT2D eigenvalue weighted by molar-refractivity contribution is 6.24. The molecule has 2 aromatic rings. The molecule has 1 amide bonds. The largest absolute Gasteiger partial charge is 0.508 e. The van der Waals surface area contributed by atoms with Crippen molar-refractivity contribution in [2.75, 3.05) is 33.1 Å². The number of fused-ring (bicyclic) bond motifs is 3. The standard InChI is InChI=1S/C33H37F3N4O7/c1-38(2)20-12-17(14-40(31(36)30(34)35)13-15-8-6-5-7-9-15)25(41)22-18(20)10-16-11-19-24(39(3)4)27(43)23(32(37)46)29(45)33(19,47)28(44)21(16)26(22)42/h5-9,12,16,19,24,30-31,41-42,45,47H,10-11,13-14H2,1-4H3,(H2,37,46)/t16-,19-,24-,31?,33-/m0/s1. The lowest BCUT2D eigenvalue weighted by atomic mass is 9.57. The number of carbonyl (C=O) groups excluding carboxylic acids is 3. The molecule has 0 aliphatic heterocycles. The smallest absolute Gasteiger partial charge is 0.282 e. The van der Waals surface area contributed by atoms with E-state index < -0.39 is 83.1 Å². The minimum Gasteiger partial charge on any atom is -0.508 e. The molecule has 0 heterocycles. The van der Waals surface area contributed by atoms with Gasteiger partial charge in [0.25, 0.3) is 12.3 Å². The lowest BCUT2D eigenvalue weighted by Gasteiger charge is -2.50. The first kappa shape index (κ1) is 33.9. The first-order valence-corrected chi connectivity index (χ1v) is 14.9. The number of carbonyl (C=O) groups is 3. The molecule has 1 fully saturated rings. The van der Waals surface area contributed by atoms with Crippen LogP contribution in [0.5, 0.6) is 5.75 Å². The number of nitrogens with two attached hydrogens (primary N) is 1. The number of rotatable bonds is 9. The number of likely N-dealkylation sites (N-methyl/N-ethyl adjacent to an activating group) is 1. The number of primary amides is 1. The number of Topliss-reactive ketones (excluding diaryl/α,β-unsaturated/α-hetero) is 2. The number of alkyl halides is 3. The molecule has 0 bridgehead atoms. The number of ketones is 2. The number of aliphatic hydroxyl groups is 3. The van der Waals surface area contributed by atoms with E-state index in [1.807, 2.05) is 0 Å². The van der Waals surface area contributed by atoms with Gasteiger partial charge in [-0.15, -0.1) is 0 Å². The van der Waals surface area contributed by atoms with E-state index >= 15 is 0 Å². The van der Waals surface area contributed by atoms with Crippen molar-refractivity contribution >= 4 is 28.9 Å². The maximum atomic E-state index is 14.9. The van der Waals surface area contributed by atoms with Crippen LogP contribution in [0.2, 0.25) is 0 Å². The molecule has 3 aliphatic carbocycles. The molecule has 0 spiro atoms. The number of nitrogens with zero attached hydrogens (tertiary/aromatic N) is 3. The molecular weight excluding hydrogens is 621 g/mol. The Kier molecular flexibility index (Phi) is 8.90. The van der Waals surface area contributed by atoms with Crippen molar-refractivity contribution in [2.24, 2.45) is 17.6 Å². The van der Waals surface area contributed by atoms with E-state index in [1.165, 1.54) is 25.1 Å². The second-order valence-corrected chi connectivity index (χ2v) is 12.7. The summed E-state index contributed by atoms with van der Waals surface area (Å²) in [5.74, 6) is -7.95. The molecule has 5 rings (SSSR count). The molecule has 3 aliphatic rings. The number of aromatic hydroxyl groups is 1. The summed E-state index contributed by atoms with van der Waals surface area (Å²) < 4.78 is 42.3. The summed E-state index contributed by atoms with van der Waals surface area (Å²) in [5.41, 5.74) is 2.42. The lowest BCUT2D eigenvalue weighted by Crippen LogP contribution is -2.65. The summed E-state index contributed by atoms with van der Waals surface area (Å²) in [7, 11) is 6.36. The molecule has 11 nitrogen and oxygen atoms in total. The van der Waals surface area contributed by atoms with Gasteiger partial charge in [-0.05, 0) is 50.0 Å². The van der Waals surface area contributed by atoms with Crippen molar-refractivity contribution in [1.82, 2.24) is 9.80 Å². The van der Waals surface area contributed by atoms with Crippen molar-refractivity contribution in [1.29, 1.82) is 0 Å². The number of hydrogen-bond donors (Lipinski definition) is 5. The number of hydrogen-bond acceptors (Lipinski definition) is 10. The van der Waals surface area contributed by atoms with Crippen LogP contribution in [0.4, 0.5) is 18.9 Å². The van der Waals surface area contributed by atoms with Gasteiger partial charge in [-0.25, -0.2) is 13.2 Å². The van der Waals surface area contributed by atoms with E-state index in [0.29, 0.717) is 16.8 Å². The minimum absolute atomic E-state index is 0.0215. The zero-order chi connectivity index (χ0) is 34.7. The van der Waals surface area contributed by atoms with Crippen LogP contribution in [0.1, 0.15) is 28.7 Å². The zero-order valence-corrected chi connectivity index (χ0v) is 26.2. The molecule has 252 valence electrons. The van der Waals surface area contributed by atoms with Crippen LogP contribution < -0.4 is 10.6 Å². The molecule has 1 saturated carbocycles. The quantitative estimate of drug-likeness (QED) is 0.200. The van der Waals surface area contributed by atoms with Gasteiger partial charge in [0.05, 0.1) is 11.6 Å². The van der Waals surface area contributed by atoms with Crippen LogP contribution in [-0.2, 0) is 33.9 Å². The molecule has 47 heavy (non-hydrogen) atoms. The Bertz CT molecular complexity index is 1690. The molecule has 0 radical (unpaired) electrons. The van der Waals surface area contributed by atoms with E-state index in [9.17, 15) is 48.0 Å². The third kappa shape index (κ3) is 5.43. The van der Waals surface area contributed by atoms with Gasteiger partial charge in [0.1, 0.15) is 22.8 Å². The summed E-state index contributed by atoms with van der Waals surface area (Å²) in [4.78, 5) is 43.6. The van der Waals surface area contributed by atoms with E-state index in [1.54, 1.807) is 49.3 Å². The van der Waals surface area contributed by atoms with Crippen LogP contribution >= 0.6 is 0 Å². The number of aliphatic hydroxyl groups excluding tert-OH is 2. The Morgan fingerprint density at radius 1 is 1.04 bits per heavy atom. The zero-order valence-electron chi connectivity index (χ0n) is 26.2. The first-order valence-electron chi connectivity index (χ1n) is 14.9. The summed E-state index contributed by atoms with van der Waals surface area (Å²) in [6, 6.07) is 8.62. The van der Waals surface area contributed by atoms with Crippen molar-refractivity contribution in [3.63, 3.8) is 0 Å². The van der Waals surface area contributed by atoms with Crippen LogP contribution in [-0.4, -0.2) is 100 Å². The fourth-order valence-electron chi connectivity index (χ4n) is 7.29. The molecule has 5 atom stereocenters. The van der Waals surface area contributed by atoms with Gasteiger partial charge in [0, 0.05) is 49.9 Å². The van der Waals surface area contributed by atoms with Gasteiger partial charge in [-0.1, -0.05) is 30.3 Å². The van der Waals surface area contributed by atoms with Gasteiger partial charge in [0.15, 0.2) is 11.4 Å². The van der Waals surface area contributed by atoms with E-state index in [2.05, 4.69) is 0 Å². The van der Waals surface area contributed by atoms with Gasteiger partial charge in [0.2, 0.25) is 12.1 Å². The molecular formula is C33H37F3N4O7. The Balaban J connectivity index is 1.67. The predicted octanol–water partition coefficient (Wildman–Crippen LogP) is 2.59. The highest BCUT2D eigenvalue weighted by Gasteiger charge is 2.64. The summed E-state index contributed by atoms with van der Waals surface area (Å²) in [6.45, 7) is -0.744. The summed E-state index contributed by atoms with van der Waals surface area (Å²) in [6.07, 6.45) is -6.13. The molecule has 0 saturated heterocycles. The van der Waals surface area contributed by atoms with Crippen molar-refractivity contribution in [3.05, 3.63) is 75.6 Å². The fourth-order valence-corrected chi connectivity index (χ4v) is 7.29. The lowest BCUT2D eigenvalue weighted by molar-refractivity contribution is -0.153. The summed E-state index contributed by atoms with van der Waals surface area (Å²) in [5, 5.41) is 46.1. The minimum atomic E-state index is -3.36. The molecule has 14 heteroatoms. The Hall–Kier alpha value is -4.40.